The first-order valence-electron chi connectivity index (χ1n) is 8.17. The standard InChI is InChI=1S/C18H28N2O2/c1-3-7-16-8-5-6-9-18(16)22-15-17(21)14-20-12-10-19(4-2)11-13-20/h3,5-6,8-9,17,21H,1,4,7,10-15H2,2H3/t17-/m1/s1. The lowest BCUT2D eigenvalue weighted by atomic mass is 10.1. The van der Waals surface area contributed by atoms with Gasteiger partial charge in [-0.3, -0.25) is 4.90 Å². The first kappa shape index (κ1) is 17.0. The maximum absolute atomic E-state index is 10.2. The third-order valence-electron chi connectivity index (χ3n) is 4.15. The molecule has 1 heterocycles. The van der Waals surface area contributed by atoms with Crippen molar-refractivity contribution in [1.29, 1.82) is 0 Å². The highest BCUT2D eigenvalue weighted by atomic mass is 16.5. The molecule has 0 saturated carbocycles. The number of benzene rings is 1. The Morgan fingerprint density at radius 1 is 1.23 bits per heavy atom. The fraction of sp³-hybridized carbons (Fsp3) is 0.556. The molecule has 1 aromatic carbocycles. The molecule has 1 aliphatic heterocycles. The zero-order chi connectivity index (χ0) is 15.8. The van der Waals surface area contributed by atoms with Crippen LogP contribution >= 0.6 is 0 Å². The number of para-hydroxylation sites is 1. The van der Waals surface area contributed by atoms with Gasteiger partial charge in [-0.1, -0.05) is 31.2 Å². The topological polar surface area (TPSA) is 35.9 Å². The first-order chi connectivity index (χ1) is 10.7. The van der Waals surface area contributed by atoms with E-state index in [4.69, 9.17) is 4.74 Å². The number of aliphatic hydroxyl groups excluding tert-OH is 1. The third-order valence-corrected chi connectivity index (χ3v) is 4.15. The van der Waals surface area contributed by atoms with E-state index < -0.39 is 6.10 Å². The van der Waals surface area contributed by atoms with E-state index in [1.807, 2.05) is 30.3 Å². The molecule has 0 bridgehead atoms. The Morgan fingerprint density at radius 2 is 1.91 bits per heavy atom. The summed E-state index contributed by atoms with van der Waals surface area (Å²) in [6, 6.07) is 7.94. The number of likely N-dealkylation sites (N-methyl/N-ethyl adjacent to an activating group) is 1. The van der Waals surface area contributed by atoms with Crippen LogP contribution < -0.4 is 4.74 Å². The molecule has 4 nitrogen and oxygen atoms in total. The molecule has 1 N–H and O–H groups in total. The average molecular weight is 304 g/mol. The summed E-state index contributed by atoms with van der Waals surface area (Å²) in [7, 11) is 0. The molecule has 0 spiro atoms. The quantitative estimate of drug-likeness (QED) is 0.743. The van der Waals surface area contributed by atoms with Gasteiger partial charge in [-0.25, -0.2) is 0 Å². The number of piperazine rings is 1. The fourth-order valence-corrected chi connectivity index (χ4v) is 2.79. The van der Waals surface area contributed by atoms with Gasteiger partial charge in [0.1, 0.15) is 18.5 Å². The molecule has 0 radical (unpaired) electrons. The van der Waals surface area contributed by atoms with E-state index in [9.17, 15) is 5.11 Å². The Morgan fingerprint density at radius 3 is 2.59 bits per heavy atom. The molecule has 1 fully saturated rings. The molecular weight excluding hydrogens is 276 g/mol. The number of ether oxygens (including phenoxy) is 1. The number of rotatable bonds is 8. The Kier molecular flexibility index (Phi) is 6.90. The SMILES string of the molecule is C=CCc1ccccc1OC[C@H](O)CN1CCN(CC)CC1. The Labute approximate surface area is 134 Å². The minimum absolute atomic E-state index is 0.335. The molecule has 2 rings (SSSR count). The number of aliphatic hydroxyl groups is 1. The van der Waals surface area contributed by atoms with Crippen LogP contribution in [0, 0.1) is 0 Å². The summed E-state index contributed by atoms with van der Waals surface area (Å²) in [6.07, 6.45) is 2.20. The highest BCUT2D eigenvalue weighted by molar-refractivity contribution is 5.34. The lowest BCUT2D eigenvalue weighted by Gasteiger charge is -2.34. The van der Waals surface area contributed by atoms with Gasteiger partial charge < -0.3 is 14.7 Å². The van der Waals surface area contributed by atoms with Crippen LogP contribution in [0.2, 0.25) is 0 Å². The van der Waals surface area contributed by atoms with Crippen molar-refractivity contribution in [2.75, 3.05) is 45.9 Å². The van der Waals surface area contributed by atoms with E-state index in [1.165, 1.54) is 0 Å². The minimum atomic E-state index is -0.454. The molecule has 0 amide bonds. The van der Waals surface area contributed by atoms with Crippen LogP contribution in [0.5, 0.6) is 5.75 Å². The van der Waals surface area contributed by atoms with Gasteiger partial charge >= 0.3 is 0 Å². The van der Waals surface area contributed by atoms with Crippen LogP contribution in [0.3, 0.4) is 0 Å². The van der Waals surface area contributed by atoms with Crippen LogP contribution in [0.15, 0.2) is 36.9 Å². The smallest absolute Gasteiger partial charge is 0.122 e. The van der Waals surface area contributed by atoms with Crippen LogP contribution in [0.1, 0.15) is 12.5 Å². The van der Waals surface area contributed by atoms with Gasteiger partial charge in [-0.2, -0.15) is 0 Å². The van der Waals surface area contributed by atoms with Crippen molar-refractivity contribution in [2.45, 2.75) is 19.4 Å². The molecule has 0 aliphatic carbocycles. The Bertz CT molecular complexity index is 456. The van der Waals surface area contributed by atoms with E-state index in [1.54, 1.807) is 0 Å². The van der Waals surface area contributed by atoms with Crippen LogP contribution in [-0.2, 0) is 6.42 Å². The van der Waals surface area contributed by atoms with Gasteiger partial charge in [0, 0.05) is 32.7 Å². The van der Waals surface area contributed by atoms with Crippen molar-refractivity contribution in [1.82, 2.24) is 9.80 Å². The largest absolute Gasteiger partial charge is 0.491 e. The highest BCUT2D eigenvalue weighted by Crippen LogP contribution is 2.19. The summed E-state index contributed by atoms with van der Waals surface area (Å²) in [5.74, 6) is 0.845. The van der Waals surface area contributed by atoms with Crippen molar-refractivity contribution < 1.29 is 9.84 Å². The van der Waals surface area contributed by atoms with Crippen molar-refractivity contribution in [3.63, 3.8) is 0 Å². The van der Waals surface area contributed by atoms with Crippen molar-refractivity contribution in [3.05, 3.63) is 42.5 Å². The van der Waals surface area contributed by atoms with Gasteiger partial charge in [-0.15, -0.1) is 6.58 Å². The molecule has 1 aliphatic rings. The first-order valence-corrected chi connectivity index (χ1v) is 8.17. The summed E-state index contributed by atoms with van der Waals surface area (Å²) in [5.41, 5.74) is 1.11. The molecule has 22 heavy (non-hydrogen) atoms. The number of hydrogen-bond donors (Lipinski definition) is 1. The second-order valence-corrected chi connectivity index (χ2v) is 5.80. The van der Waals surface area contributed by atoms with Crippen LogP contribution in [-0.4, -0.2) is 66.9 Å². The summed E-state index contributed by atoms with van der Waals surface area (Å²) in [4.78, 5) is 4.75. The van der Waals surface area contributed by atoms with E-state index in [2.05, 4.69) is 23.3 Å². The Hall–Kier alpha value is -1.36. The summed E-state index contributed by atoms with van der Waals surface area (Å²) in [5, 5.41) is 10.2. The molecule has 0 unspecified atom stereocenters. The lowest BCUT2D eigenvalue weighted by molar-refractivity contribution is 0.0469. The van der Waals surface area contributed by atoms with Crippen molar-refractivity contribution >= 4 is 0 Å². The summed E-state index contributed by atoms with van der Waals surface area (Å²) >= 11 is 0. The van der Waals surface area contributed by atoms with Gasteiger partial charge in [-0.05, 0) is 24.6 Å². The fourth-order valence-electron chi connectivity index (χ4n) is 2.79. The van der Waals surface area contributed by atoms with Crippen molar-refractivity contribution in [2.24, 2.45) is 0 Å². The molecular formula is C18H28N2O2. The third kappa shape index (κ3) is 5.13. The molecule has 1 atom stereocenters. The molecule has 0 aromatic heterocycles. The van der Waals surface area contributed by atoms with E-state index in [0.29, 0.717) is 13.2 Å². The molecule has 1 saturated heterocycles. The van der Waals surface area contributed by atoms with E-state index in [-0.39, 0.29) is 0 Å². The van der Waals surface area contributed by atoms with Gasteiger partial charge in [0.05, 0.1) is 0 Å². The monoisotopic (exact) mass is 304 g/mol. The molecule has 1 aromatic rings. The number of nitrogens with zero attached hydrogens (tertiary/aromatic N) is 2. The molecule has 4 heteroatoms. The van der Waals surface area contributed by atoms with Crippen molar-refractivity contribution in [3.8, 4) is 5.75 Å². The lowest BCUT2D eigenvalue weighted by Crippen LogP contribution is -2.49. The number of β-amino-alcohol motifs (C(OH)–C–C–N with tert-alkyl or cyclic N) is 1. The maximum Gasteiger partial charge on any atom is 0.122 e. The summed E-state index contributed by atoms with van der Waals surface area (Å²) in [6.45, 7) is 12.3. The second-order valence-electron chi connectivity index (χ2n) is 5.80. The van der Waals surface area contributed by atoms with Gasteiger partial charge in [0.15, 0.2) is 0 Å². The number of hydrogen-bond acceptors (Lipinski definition) is 4. The zero-order valence-corrected chi connectivity index (χ0v) is 13.6. The maximum atomic E-state index is 10.2. The van der Waals surface area contributed by atoms with Crippen LogP contribution in [0.25, 0.3) is 0 Å². The average Bonchev–Trinajstić information content (AvgIpc) is 2.55. The zero-order valence-electron chi connectivity index (χ0n) is 13.6. The predicted octanol–water partition coefficient (Wildman–Crippen LogP) is 1.79. The molecule has 122 valence electrons. The summed E-state index contributed by atoms with van der Waals surface area (Å²) < 4.78 is 5.80. The van der Waals surface area contributed by atoms with E-state index >= 15 is 0 Å². The van der Waals surface area contributed by atoms with Gasteiger partial charge in [0.2, 0.25) is 0 Å². The normalized spacial score (nSPS) is 18.1. The Balaban J connectivity index is 1.76. The predicted molar refractivity (Wildman–Crippen MR) is 90.4 cm³/mol. The van der Waals surface area contributed by atoms with E-state index in [0.717, 1.165) is 50.5 Å². The highest BCUT2D eigenvalue weighted by Gasteiger charge is 2.18. The van der Waals surface area contributed by atoms with Crippen LogP contribution in [0.4, 0.5) is 0 Å². The number of allylic oxidation sites excluding steroid dienone is 1. The second kappa shape index (κ2) is 8.93. The van der Waals surface area contributed by atoms with Gasteiger partial charge in [0.25, 0.3) is 0 Å². The minimum Gasteiger partial charge on any atom is -0.491 e.